The third kappa shape index (κ3) is 2.88. The summed E-state index contributed by atoms with van der Waals surface area (Å²) in [7, 11) is 0. The molecule has 19 heavy (non-hydrogen) atoms. The van der Waals surface area contributed by atoms with E-state index in [1.54, 1.807) is 36.4 Å². The summed E-state index contributed by atoms with van der Waals surface area (Å²) in [6.07, 6.45) is 0. The van der Waals surface area contributed by atoms with Crippen LogP contribution in [0, 0.1) is 13.8 Å². The fourth-order valence-corrected chi connectivity index (χ4v) is 1.94. The molecule has 0 unspecified atom stereocenters. The van der Waals surface area contributed by atoms with E-state index in [1.807, 2.05) is 13.8 Å². The van der Waals surface area contributed by atoms with Crippen LogP contribution < -0.4 is 5.32 Å². The molecule has 1 amide bonds. The molecule has 2 N–H and O–H groups in total. The minimum absolute atomic E-state index is 0.0304. The van der Waals surface area contributed by atoms with E-state index in [1.165, 1.54) is 0 Å². The quantitative estimate of drug-likeness (QED) is 0.873. The lowest BCUT2D eigenvalue weighted by molar-refractivity contribution is 0.102. The van der Waals surface area contributed by atoms with E-state index >= 15 is 0 Å². The Morgan fingerprint density at radius 2 is 1.95 bits per heavy atom. The Hall–Kier alpha value is -2.00. The molecule has 0 spiro atoms. The van der Waals surface area contributed by atoms with Crippen LogP contribution in [0.1, 0.15) is 21.5 Å². The number of aryl methyl sites for hydroxylation is 1. The molecule has 0 saturated carbocycles. The summed E-state index contributed by atoms with van der Waals surface area (Å²) in [5.41, 5.74) is 2.57. The first kappa shape index (κ1) is 13.4. The maximum Gasteiger partial charge on any atom is 0.259 e. The summed E-state index contributed by atoms with van der Waals surface area (Å²) >= 11 is 5.99. The monoisotopic (exact) mass is 275 g/mol. The highest BCUT2D eigenvalue weighted by Gasteiger charge is 2.12. The lowest BCUT2D eigenvalue weighted by Gasteiger charge is -2.10. The Morgan fingerprint density at radius 1 is 1.21 bits per heavy atom. The highest BCUT2D eigenvalue weighted by atomic mass is 35.5. The Morgan fingerprint density at radius 3 is 2.63 bits per heavy atom. The molecule has 2 aromatic rings. The van der Waals surface area contributed by atoms with Gasteiger partial charge in [0.15, 0.2) is 0 Å². The maximum absolute atomic E-state index is 12.1. The van der Waals surface area contributed by atoms with Crippen LogP contribution in [0.2, 0.25) is 5.02 Å². The number of amides is 1. The summed E-state index contributed by atoms with van der Waals surface area (Å²) in [5.74, 6) is -0.389. The molecule has 0 aromatic heterocycles. The van der Waals surface area contributed by atoms with Gasteiger partial charge in [0, 0.05) is 10.7 Å². The number of benzene rings is 2. The highest BCUT2D eigenvalue weighted by Crippen LogP contribution is 2.25. The Bertz CT molecular complexity index is 638. The standard InChI is InChI=1S/C15H14ClNO2/c1-9-6-7-11(14(18)8-9)15(19)17-13-5-3-4-12(16)10(13)2/h3-8,18H,1-2H3,(H,17,19). The van der Waals surface area contributed by atoms with E-state index in [0.717, 1.165) is 11.1 Å². The summed E-state index contributed by atoms with van der Waals surface area (Å²) in [4.78, 5) is 12.1. The molecular weight excluding hydrogens is 262 g/mol. The number of nitrogens with one attached hydrogen (secondary N) is 1. The molecule has 0 heterocycles. The van der Waals surface area contributed by atoms with Crippen molar-refractivity contribution in [3.8, 4) is 5.75 Å². The number of phenols is 1. The Labute approximate surface area is 116 Å². The zero-order valence-electron chi connectivity index (χ0n) is 10.7. The second-order valence-corrected chi connectivity index (χ2v) is 4.79. The van der Waals surface area contributed by atoms with E-state index in [-0.39, 0.29) is 17.2 Å². The number of phenolic OH excluding ortho intramolecular Hbond substituents is 1. The first-order valence-electron chi connectivity index (χ1n) is 5.85. The van der Waals surface area contributed by atoms with Crippen molar-refractivity contribution in [1.29, 1.82) is 0 Å². The molecule has 4 heteroatoms. The second-order valence-electron chi connectivity index (χ2n) is 4.39. The number of anilines is 1. The van der Waals surface area contributed by atoms with Crippen LogP contribution in [0.15, 0.2) is 36.4 Å². The zero-order valence-corrected chi connectivity index (χ0v) is 11.5. The minimum Gasteiger partial charge on any atom is -0.507 e. The van der Waals surface area contributed by atoms with Gasteiger partial charge in [-0.25, -0.2) is 0 Å². The number of carbonyl (C=O) groups is 1. The van der Waals surface area contributed by atoms with Crippen molar-refractivity contribution in [3.63, 3.8) is 0 Å². The molecule has 0 atom stereocenters. The van der Waals surface area contributed by atoms with Crippen LogP contribution in [0.4, 0.5) is 5.69 Å². The van der Waals surface area contributed by atoms with Crippen molar-refractivity contribution in [2.24, 2.45) is 0 Å². The van der Waals surface area contributed by atoms with Gasteiger partial charge in [-0.1, -0.05) is 23.7 Å². The van der Waals surface area contributed by atoms with Crippen molar-refractivity contribution in [2.45, 2.75) is 13.8 Å². The summed E-state index contributed by atoms with van der Waals surface area (Å²) in [6, 6.07) is 10.2. The number of rotatable bonds is 2. The molecule has 0 bridgehead atoms. The van der Waals surface area contributed by atoms with Gasteiger partial charge >= 0.3 is 0 Å². The van der Waals surface area contributed by atoms with Crippen LogP contribution >= 0.6 is 11.6 Å². The van der Waals surface area contributed by atoms with Crippen molar-refractivity contribution < 1.29 is 9.90 Å². The lowest BCUT2D eigenvalue weighted by atomic mass is 10.1. The molecular formula is C15H14ClNO2. The van der Waals surface area contributed by atoms with E-state index in [0.29, 0.717) is 10.7 Å². The molecule has 0 aliphatic carbocycles. The topological polar surface area (TPSA) is 49.3 Å². The van der Waals surface area contributed by atoms with Gasteiger partial charge in [-0.05, 0) is 49.2 Å². The largest absolute Gasteiger partial charge is 0.507 e. The van der Waals surface area contributed by atoms with Gasteiger partial charge in [0.1, 0.15) is 5.75 Å². The number of carbonyl (C=O) groups excluding carboxylic acids is 1. The predicted molar refractivity (Wildman–Crippen MR) is 77.0 cm³/mol. The average Bonchev–Trinajstić information content (AvgIpc) is 2.34. The SMILES string of the molecule is Cc1ccc(C(=O)Nc2cccc(Cl)c2C)c(O)c1. The van der Waals surface area contributed by atoms with Crippen LogP contribution in [-0.2, 0) is 0 Å². The van der Waals surface area contributed by atoms with Crippen molar-refractivity contribution in [2.75, 3.05) is 5.32 Å². The average molecular weight is 276 g/mol. The van der Waals surface area contributed by atoms with E-state index in [9.17, 15) is 9.90 Å². The minimum atomic E-state index is -0.358. The molecule has 3 nitrogen and oxygen atoms in total. The van der Waals surface area contributed by atoms with Gasteiger partial charge in [-0.15, -0.1) is 0 Å². The van der Waals surface area contributed by atoms with Crippen molar-refractivity contribution >= 4 is 23.2 Å². The molecule has 0 fully saturated rings. The predicted octanol–water partition coefficient (Wildman–Crippen LogP) is 3.91. The van der Waals surface area contributed by atoms with E-state index in [2.05, 4.69) is 5.32 Å². The number of hydrogen-bond acceptors (Lipinski definition) is 2. The molecule has 2 aromatic carbocycles. The Kier molecular flexibility index (Phi) is 3.76. The van der Waals surface area contributed by atoms with Gasteiger partial charge in [-0.2, -0.15) is 0 Å². The fourth-order valence-electron chi connectivity index (χ4n) is 1.77. The molecule has 0 aliphatic rings. The van der Waals surface area contributed by atoms with Gasteiger partial charge in [-0.3, -0.25) is 4.79 Å². The van der Waals surface area contributed by atoms with Crippen molar-refractivity contribution in [1.82, 2.24) is 0 Å². The summed E-state index contributed by atoms with van der Waals surface area (Å²) < 4.78 is 0. The molecule has 0 saturated heterocycles. The number of halogens is 1. The third-order valence-electron chi connectivity index (χ3n) is 2.91. The fraction of sp³-hybridized carbons (Fsp3) is 0.133. The summed E-state index contributed by atoms with van der Waals surface area (Å²) in [5, 5.41) is 13.1. The molecule has 98 valence electrons. The second kappa shape index (κ2) is 5.33. The molecule has 0 radical (unpaired) electrons. The van der Waals surface area contributed by atoms with Gasteiger partial charge < -0.3 is 10.4 Å². The van der Waals surface area contributed by atoms with Crippen LogP contribution in [0.5, 0.6) is 5.75 Å². The van der Waals surface area contributed by atoms with Gasteiger partial charge in [0.2, 0.25) is 0 Å². The first-order valence-corrected chi connectivity index (χ1v) is 6.23. The smallest absolute Gasteiger partial charge is 0.259 e. The summed E-state index contributed by atoms with van der Waals surface area (Å²) in [6.45, 7) is 3.68. The van der Waals surface area contributed by atoms with E-state index < -0.39 is 0 Å². The highest BCUT2D eigenvalue weighted by molar-refractivity contribution is 6.31. The Balaban J connectivity index is 2.28. The molecule has 2 rings (SSSR count). The van der Waals surface area contributed by atoms with Crippen LogP contribution in [0.25, 0.3) is 0 Å². The normalized spacial score (nSPS) is 10.3. The first-order chi connectivity index (χ1) is 8.99. The van der Waals surface area contributed by atoms with Crippen LogP contribution in [-0.4, -0.2) is 11.0 Å². The third-order valence-corrected chi connectivity index (χ3v) is 3.32. The van der Waals surface area contributed by atoms with E-state index in [4.69, 9.17) is 11.6 Å². The van der Waals surface area contributed by atoms with Gasteiger partial charge in [0.25, 0.3) is 5.91 Å². The number of aromatic hydroxyl groups is 1. The lowest BCUT2D eigenvalue weighted by Crippen LogP contribution is -2.13. The van der Waals surface area contributed by atoms with Gasteiger partial charge in [0.05, 0.1) is 5.56 Å². The van der Waals surface area contributed by atoms with Crippen molar-refractivity contribution in [3.05, 3.63) is 58.1 Å². The number of hydrogen-bond donors (Lipinski definition) is 2. The maximum atomic E-state index is 12.1. The molecule has 0 aliphatic heterocycles. The van der Waals surface area contributed by atoms with Crippen LogP contribution in [0.3, 0.4) is 0 Å². The zero-order chi connectivity index (χ0) is 14.0.